The van der Waals surface area contributed by atoms with Gasteiger partial charge in [0.1, 0.15) is 11.2 Å². The smallest absolute Gasteiger partial charge is 0.143 e. The summed E-state index contributed by atoms with van der Waals surface area (Å²) in [7, 11) is 0. The first-order valence-corrected chi connectivity index (χ1v) is 18.8. The van der Waals surface area contributed by atoms with E-state index in [1.54, 1.807) is 4.90 Å². The molecule has 0 bridgehead atoms. The zero-order valence-corrected chi connectivity index (χ0v) is 30.7. The molecule has 2 nitrogen and oxygen atoms in total. The normalized spacial score (nSPS) is 14.6. The van der Waals surface area contributed by atoms with E-state index in [-0.39, 0.29) is 5.69 Å². The van der Waals surface area contributed by atoms with Crippen molar-refractivity contribution in [1.82, 2.24) is 0 Å². The van der Waals surface area contributed by atoms with Crippen molar-refractivity contribution in [2.75, 3.05) is 4.90 Å². The molecular formula is C56H37NO. The van der Waals surface area contributed by atoms with Gasteiger partial charge in [-0.3, -0.25) is 0 Å². The highest BCUT2D eigenvalue weighted by Crippen LogP contribution is 2.45. The minimum atomic E-state index is -0.782. The molecule has 0 spiro atoms. The van der Waals surface area contributed by atoms with Gasteiger partial charge >= 0.3 is 0 Å². The van der Waals surface area contributed by atoms with Crippen molar-refractivity contribution < 1.29 is 22.2 Å². The van der Waals surface area contributed by atoms with Crippen LogP contribution >= 0.6 is 0 Å². The summed E-state index contributed by atoms with van der Waals surface area (Å²) >= 11 is 0. The van der Waals surface area contributed by atoms with Crippen LogP contribution in [0.15, 0.2) is 229 Å². The van der Waals surface area contributed by atoms with Gasteiger partial charge in [-0.05, 0) is 85.9 Å². The summed E-state index contributed by atoms with van der Waals surface area (Å²) < 4.78 is 123. The van der Waals surface area contributed by atoms with Crippen LogP contribution in [0.3, 0.4) is 0 Å². The fraction of sp³-hybridized carbons (Fsp3) is 0. The Labute approximate surface area is 355 Å². The monoisotopic (exact) mass is 752 g/mol. The summed E-state index contributed by atoms with van der Waals surface area (Å²) in [6, 6.07) is 37.9. The summed E-state index contributed by atoms with van der Waals surface area (Å²) in [5, 5.41) is 5.86. The van der Waals surface area contributed by atoms with Crippen LogP contribution in [-0.4, -0.2) is 0 Å². The molecule has 0 aliphatic heterocycles. The van der Waals surface area contributed by atoms with E-state index in [0.29, 0.717) is 28.1 Å². The van der Waals surface area contributed by atoms with Gasteiger partial charge in [-0.15, -0.1) is 0 Å². The summed E-state index contributed by atoms with van der Waals surface area (Å²) in [6.45, 7) is 0. The first kappa shape index (κ1) is 22.8. The van der Waals surface area contributed by atoms with Crippen molar-refractivity contribution in [3.05, 3.63) is 224 Å². The summed E-state index contributed by atoms with van der Waals surface area (Å²) in [5.74, 6) is 0. The van der Waals surface area contributed by atoms with Crippen LogP contribution in [0.2, 0.25) is 0 Å². The largest absolute Gasteiger partial charge is 0.455 e. The lowest BCUT2D eigenvalue weighted by atomic mass is 9.97. The van der Waals surface area contributed by atoms with Gasteiger partial charge in [-0.25, -0.2) is 0 Å². The number of fused-ring (bicyclic) bond motifs is 6. The van der Waals surface area contributed by atoms with Crippen molar-refractivity contribution in [3.8, 4) is 44.5 Å². The number of rotatable bonds is 7. The van der Waals surface area contributed by atoms with E-state index in [4.69, 9.17) is 16.8 Å². The number of furan rings is 1. The fourth-order valence-electron chi connectivity index (χ4n) is 7.77. The number of benzene rings is 10. The van der Waals surface area contributed by atoms with Crippen LogP contribution in [-0.2, 0) is 0 Å². The average Bonchev–Trinajstić information content (AvgIpc) is 3.79. The summed E-state index contributed by atoms with van der Waals surface area (Å²) in [6.07, 6.45) is 0. The van der Waals surface area contributed by atoms with Gasteiger partial charge in [0.15, 0.2) is 0 Å². The zero-order chi connectivity index (χ0) is 49.7. The molecule has 0 aliphatic carbocycles. The van der Waals surface area contributed by atoms with E-state index < -0.39 is 101 Å². The Kier molecular flexibility index (Phi) is 5.54. The Morgan fingerprint density at radius 1 is 0.328 bits per heavy atom. The van der Waals surface area contributed by atoms with Crippen LogP contribution in [0, 0.1) is 0 Å². The van der Waals surface area contributed by atoms with Gasteiger partial charge in [0.05, 0.1) is 23.5 Å². The lowest BCUT2D eigenvalue weighted by molar-refractivity contribution is 0.674. The van der Waals surface area contributed by atoms with Crippen LogP contribution < -0.4 is 4.90 Å². The molecule has 272 valence electrons. The molecule has 0 saturated heterocycles. The highest BCUT2D eigenvalue weighted by atomic mass is 16.3. The number of nitrogens with zero attached hydrogens (tertiary/aromatic N) is 1. The van der Waals surface area contributed by atoms with E-state index in [2.05, 4.69) is 12.1 Å². The third-order valence-electron chi connectivity index (χ3n) is 10.5. The SMILES string of the molecule is [2H]c1c([2H])c([2H])c(-c2c([2H])c([2H])c(-c3c([2H])c([2H])c(N(c4ccc(-c5cccc6ccccc56)cc4)c4ccccc4-c4cccc5c4oc4c6ccccc6ccc54)c([2H])c3[2H])c([2H])c2[2H])c([2H])c1[2H]. The molecule has 11 aromatic rings. The maximum absolute atomic E-state index is 9.75. The van der Waals surface area contributed by atoms with E-state index in [9.17, 15) is 5.48 Å². The van der Waals surface area contributed by atoms with Gasteiger partial charge < -0.3 is 9.32 Å². The molecule has 58 heavy (non-hydrogen) atoms. The first-order chi connectivity index (χ1) is 34.2. The molecule has 0 unspecified atom stereocenters. The van der Waals surface area contributed by atoms with Crippen molar-refractivity contribution >= 4 is 60.5 Å². The molecule has 10 aromatic carbocycles. The van der Waals surface area contributed by atoms with Gasteiger partial charge in [0.2, 0.25) is 0 Å². The van der Waals surface area contributed by atoms with E-state index >= 15 is 0 Å². The fourth-order valence-corrected chi connectivity index (χ4v) is 7.77. The van der Waals surface area contributed by atoms with Gasteiger partial charge in [0.25, 0.3) is 0 Å². The highest BCUT2D eigenvalue weighted by Gasteiger charge is 2.21. The summed E-state index contributed by atoms with van der Waals surface area (Å²) in [4.78, 5) is 1.65. The predicted molar refractivity (Wildman–Crippen MR) is 245 cm³/mol. The molecular weight excluding hydrogens is 703 g/mol. The molecule has 11 rings (SSSR count). The average molecular weight is 753 g/mol. The topological polar surface area (TPSA) is 16.4 Å². The highest BCUT2D eigenvalue weighted by molar-refractivity contribution is 6.17. The molecule has 0 saturated carbocycles. The lowest BCUT2D eigenvalue weighted by Crippen LogP contribution is -2.11. The molecule has 0 amide bonds. The number of hydrogen-bond acceptors (Lipinski definition) is 2. The molecule has 0 fully saturated rings. The first-order valence-electron chi connectivity index (χ1n) is 25.3. The molecule has 0 aliphatic rings. The second-order valence-corrected chi connectivity index (χ2v) is 13.8. The second kappa shape index (κ2) is 14.1. The maximum atomic E-state index is 9.75. The number of anilines is 3. The quantitative estimate of drug-likeness (QED) is 0.161. The molecule has 0 atom stereocenters. The Morgan fingerprint density at radius 2 is 0.862 bits per heavy atom. The van der Waals surface area contributed by atoms with Crippen molar-refractivity contribution in [2.24, 2.45) is 0 Å². The zero-order valence-electron chi connectivity index (χ0n) is 43.7. The van der Waals surface area contributed by atoms with E-state index in [1.165, 1.54) is 0 Å². The predicted octanol–water partition coefficient (Wildman–Crippen LogP) is 16.0. The van der Waals surface area contributed by atoms with Gasteiger partial charge in [0, 0.05) is 38.7 Å². The molecule has 0 N–H and O–H groups in total. The van der Waals surface area contributed by atoms with Gasteiger partial charge in [-0.1, -0.05) is 188 Å². The Morgan fingerprint density at radius 3 is 1.62 bits per heavy atom. The third kappa shape index (κ3) is 5.82. The van der Waals surface area contributed by atoms with Crippen LogP contribution in [0.1, 0.15) is 17.8 Å². The van der Waals surface area contributed by atoms with Gasteiger partial charge in [-0.2, -0.15) is 0 Å². The van der Waals surface area contributed by atoms with Crippen molar-refractivity contribution in [2.45, 2.75) is 0 Å². The van der Waals surface area contributed by atoms with Crippen molar-refractivity contribution in [3.63, 3.8) is 0 Å². The molecule has 2 heteroatoms. The Bertz CT molecular complexity index is 3960. The van der Waals surface area contributed by atoms with Crippen molar-refractivity contribution in [1.29, 1.82) is 0 Å². The Balaban J connectivity index is 1.14. The Hall–Kier alpha value is -7.68. The summed E-state index contributed by atoms with van der Waals surface area (Å²) in [5.41, 5.74) is 3.17. The number of para-hydroxylation sites is 2. The minimum Gasteiger partial charge on any atom is -0.455 e. The van der Waals surface area contributed by atoms with E-state index in [0.717, 1.165) is 49.0 Å². The molecule has 0 radical (unpaired) electrons. The molecule has 1 heterocycles. The van der Waals surface area contributed by atoms with Crippen LogP contribution in [0.25, 0.3) is 88.0 Å². The third-order valence-corrected chi connectivity index (χ3v) is 10.5. The lowest BCUT2D eigenvalue weighted by Gasteiger charge is -2.28. The van der Waals surface area contributed by atoms with E-state index in [1.807, 2.05) is 133 Å². The second-order valence-electron chi connectivity index (χ2n) is 13.8. The standard InChI is InChI=1S/C56H37NO/c1-2-12-38(13-3-1)39-24-26-40(27-25-39)41-28-33-45(34-29-41)57(46-35-30-44(31-36-46)48-20-10-16-42-14-4-6-17-47(42)48)54-23-9-8-19-50(54)51-21-11-22-52-53-37-32-43-15-5-7-18-49(43)55(53)58-56(51)52/h1-37H/i1D,2D,3D,12D,13D,24D,25D,26D,27D,28D,29D,33D,34D. The van der Waals surface area contributed by atoms with Crippen LogP contribution in [0.4, 0.5) is 17.1 Å². The number of hydrogen-bond donors (Lipinski definition) is 0. The minimum absolute atomic E-state index is 0.164. The van der Waals surface area contributed by atoms with Crippen LogP contribution in [0.5, 0.6) is 0 Å². The maximum Gasteiger partial charge on any atom is 0.143 e. The molecule has 1 aromatic heterocycles.